The Kier molecular flexibility index (Phi) is 3.84. The molecule has 0 saturated heterocycles. The van der Waals surface area contributed by atoms with Crippen molar-refractivity contribution in [2.75, 3.05) is 0 Å². The third kappa shape index (κ3) is 2.83. The summed E-state index contributed by atoms with van der Waals surface area (Å²) in [6, 6.07) is 37.2. The summed E-state index contributed by atoms with van der Waals surface area (Å²) in [7, 11) is 0. The van der Waals surface area contributed by atoms with E-state index in [9.17, 15) is 0 Å². The molecule has 0 N–H and O–H groups in total. The first-order valence-electron chi connectivity index (χ1n) is 11.0. The average Bonchev–Trinajstić information content (AvgIpc) is 3.24. The lowest BCUT2D eigenvalue weighted by atomic mass is 9.96. The number of para-hydroxylation sites is 3. The van der Waals surface area contributed by atoms with E-state index in [1.165, 1.54) is 0 Å². The normalized spacial score (nSPS) is 11.6. The number of rotatable bonds is 2. The van der Waals surface area contributed by atoms with Crippen LogP contribution in [0.1, 0.15) is 0 Å². The molecule has 33 heavy (non-hydrogen) atoms. The van der Waals surface area contributed by atoms with Gasteiger partial charge in [0.15, 0.2) is 0 Å². The number of aromatic nitrogens is 2. The van der Waals surface area contributed by atoms with Crippen LogP contribution in [0.15, 0.2) is 114 Å². The zero-order valence-corrected chi connectivity index (χ0v) is 17.7. The van der Waals surface area contributed by atoms with Crippen LogP contribution in [0.2, 0.25) is 0 Å². The molecule has 0 aliphatic carbocycles. The molecule has 0 aliphatic heterocycles. The first kappa shape index (κ1) is 18.1. The van der Waals surface area contributed by atoms with Gasteiger partial charge in [0.25, 0.3) is 0 Å². The summed E-state index contributed by atoms with van der Waals surface area (Å²) in [4.78, 5) is 10.2. The van der Waals surface area contributed by atoms with Crippen LogP contribution in [0.4, 0.5) is 0 Å². The Morgan fingerprint density at radius 3 is 2.06 bits per heavy atom. The second-order valence-corrected chi connectivity index (χ2v) is 8.25. The standard InChI is InChI=1S/C30H18N2O/c1-2-9-19(10-3-1)29-30(32-26-15-6-5-14-25(26)31-29)22-13-8-11-20-17-28-24(18-23(20)22)21-12-4-7-16-27(21)33-28/h1-18H. The number of furan rings is 1. The molecule has 0 fully saturated rings. The predicted octanol–water partition coefficient (Wildman–Crippen LogP) is 8.02. The van der Waals surface area contributed by atoms with Crippen LogP contribution >= 0.6 is 0 Å². The molecule has 2 aromatic heterocycles. The second-order valence-electron chi connectivity index (χ2n) is 8.25. The van der Waals surface area contributed by atoms with Crippen molar-refractivity contribution in [2.24, 2.45) is 0 Å². The van der Waals surface area contributed by atoms with Gasteiger partial charge < -0.3 is 4.42 Å². The van der Waals surface area contributed by atoms with Gasteiger partial charge in [0, 0.05) is 21.9 Å². The van der Waals surface area contributed by atoms with Gasteiger partial charge in [0.1, 0.15) is 11.2 Å². The van der Waals surface area contributed by atoms with Gasteiger partial charge in [-0.05, 0) is 41.1 Å². The fourth-order valence-corrected chi connectivity index (χ4v) is 4.69. The highest BCUT2D eigenvalue weighted by Crippen LogP contribution is 2.38. The van der Waals surface area contributed by atoms with Gasteiger partial charge in [-0.3, -0.25) is 0 Å². The van der Waals surface area contributed by atoms with Crippen molar-refractivity contribution in [3.05, 3.63) is 109 Å². The molecule has 7 aromatic rings. The molecule has 2 heterocycles. The second kappa shape index (κ2) is 7.01. The molecule has 0 spiro atoms. The van der Waals surface area contributed by atoms with E-state index in [1.807, 2.05) is 54.6 Å². The quantitative estimate of drug-likeness (QED) is 0.283. The monoisotopic (exact) mass is 422 g/mol. The van der Waals surface area contributed by atoms with Gasteiger partial charge in [0.05, 0.1) is 22.4 Å². The van der Waals surface area contributed by atoms with Gasteiger partial charge >= 0.3 is 0 Å². The maximum absolute atomic E-state index is 6.13. The van der Waals surface area contributed by atoms with E-state index in [0.717, 1.165) is 66.3 Å². The maximum Gasteiger partial charge on any atom is 0.136 e. The lowest BCUT2D eigenvalue weighted by molar-refractivity contribution is 0.669. The van der Waals surface area contributed by atoms with Gasteiger partial charge in [-0.1, -0.05) is 78.9 Å². The molecule has 0 aliphatic rings. The van der Waals surface area contributed by atoms with Crippen LogP contribution in [0, 0.1) is 0 Å². The Morgan fingerprint density at radius 1 is 0.485 bits per heavy atom. The molecular formula is C30H18N2O. The number of benzene rings is 5. The first-order chi connectivity index (χ1) is 16.3. The van der Waals surface area contributed by atoms with Gasteiger partial charge in [-0.2, -0.15) is 0 Å². The van der Waals surface area contributed by atoms with Crippen molar-refractivity contribution in [3.63, 3.8) is 0 Å². The van der Waals surface area contributed by atoms with E-state index in [0.29, 0.717) is 0 Å². The van der Waals surface area contributed by atoms with Crippen LogP contribution in [0.25, 0.3) is 66.3 Å². The Morgan fingerprint density at radius 2 is 1.21 bits per heavy atom. The van der Waals surface area contributed by atoms with E-state index in [1.54, 1.807) is 0 Å². The van der Waals surface area contributed by atoms with E-state index >= 15 is 0 Å². The summed E-state index contributed by atoms with van der Waals surface area (Å²) in [5, 5.41) is 4.49. The van der Waals surface area contributed by atoms with E-state index in [2.05, 4.69) is 54.6 Å². The van der Waals surface area contributed by atoms with Crippen LogP contribution in [0.3, 0.4) is 0 Å². The molecule has 7 rings (SSSR count). The molecule has 154 valence electrons. The van der Waals surface area contributed by atoms with E-state index in [-0.39, 0.29) is 0 Å². The fourth-order valence-electron chi connectivity index (χ4n) is 4.69. The summed E-state index contributed by atoms with van der Waals surface area (Å²) in [6.07, 6.45) is 0. The lowest BCUT2D eigenvalue weighted by Crippen LogP contribution is -1.96. The van der Waals surface area contributed by atoms with Crippen LogP contribution in [-0.2, 0) is 0 Å². The minimum atomic E-state index is 0.887. The maximum atomic E-state index is 6.13. The lowest BCUT2D eigenvalue weighted by Gasteiger charge is -2.13. The van der Waals surface area contributed by atoms with Gasteiger partial charge in [-0.15, -0.1) is 0 Å². The molecule has 0 saturated carbocycles. The zero-order chi connectivity index (χ0) is 21.8. The Balaban J connectivity index is 1.59. The summed E-state index contributed by atoms with van der Waals surface area (Å²) in [6.45, 7) is 0. The van der Waals surface area contributed by atoms with E-state index < -0.39 is 0 Å². The number of fused-ring (bicyclic) bond motifs is 5. The summed E-state index contributed by atoms with van der Waals surface area (Å²) in [5.74, 6) is 0. The molecular weight excluding hydrogens is 404 g/mol. The molecule has 3 nitrogen and oxygen atoms in total. The predicted molar refractivity (Wildman–Crippen MR) is 135 cm³/mol. The van der Waals surface area contributed by atoms with Crippen molar-refractivity contribution < 1.29 is 4.42 Å². The molecule has 0 atom stereocenters. The SMILES string of the molecule is c1ccc(-c2nc3ccccc3nc2-c2cccc3cc4oc5ccccc5c4cc23)cc1. The minimum Gasteiger partial charge on any atom is -0.456 e. The first-order valence-corrected chi connectivity index (χ1v) is 11.0. The topological polar surface area (TPSA) is 38.9 Å². The number of hydrogen-bond acceptors (Lipinski definition) is 3. The minimum absolute atomic E-state index is 0.887. The van der Waals surface area contributed by atoms with Crippen molar-refractivity contribution >= 4 is 43.7 Å². The molecule has 0 amide bonds. The summed E-state index contributed by atoms with van der Waals surface area (Å²) >= 11 is 0. The largest absolute Gasteiger partial charge is 0.456 e. The summed E-state index contributed by atoms with van der Waals surface area (Å²) < 4.78 is 6.13. The zero-order valence-electron chi connectivity index (χ0n) is 17.7. The van der Waals surface area contributed by atoms with Crippen molar-refractivity contribution in [1.82, 2.24) is 9.97 Å². The number of hydrogen-bond donors (Lipinski definition) is 0. The van der Waals surface area contributed by atoms with Crippen LogP contribution in [0.5, 0.6) is 0 Å². The Labute approximate surface area is 190 Å². The van der Waals surface area contributed by atoms with Crippen molar-refractivity contribution in [1.29, 1.82) is 0 Å². The van der Waals surface area contributed by atoms with Gasteiger partial charge in [-0.25, -0.2) is 9.97 Å². The third-order valence-corrected chi connectivity index (χ3v) is 6.25. The molecule has 5 aromatic carbocycles. The molecule has 0 unspecified atom stereocenters. The average molecular weight is 422 g/mol. The molecule has 3 heteroatoms. The highest BCUT2D eigenvalue weighted by molar-refractivity contribution is 6.13. The van der Waals surface area contributed by atoms with Crippen LogP contribution in [-0.4, -0.2) is 9.97 Å². The third-order valence-electron chi connectivity index (χ3n) is 6.25. The number of nitrogens with zero attached hydrogens (tertiary/aromatic N) is 2. The Bertz CT molecular complexity index is 1820. The van der Waals surface area contributed by atoms with Crippen molar-refractivity contribution in [2.45, 2.75) is 0 Å². The van der Waals surface area contributed by atoms with Gasteiger partial charge in [0.2, 0.25) is 0 Å². The van der Waals surface area contributed by atoms with Crippen LogP contribution < -0.4 is 0 Å². The highest BCUT2D eigenvalue weighted by atomic mass is 16.3. The van der Waals surface area contributed by atoms with E-state index in [4.69, 9.17) is 14.4 Å². The fraction of sp³-hybridized carbons (Fsp3) is 0. The smallest absolute Gasteiger partial charge is 0.136 e. The summed E-state index contributed by atoms with van der Waals surface area (Å²) in [5.41, 5.74) is 7.47. The molecule has 0 bridgehead atoms. The highest BCUT2D eigenvalue weighted by Gasteiger charge is 2.17. The van der Waals surface area contributed by atoms with Crippen molar-refractivity contribution in [3.8, 4) is 22.5 Å². The Hall–Kier alpha value is -4.50. The molecule has 0 radical (unpaired) electrons.